The predicted octanol–water partition coefficient (Wildman–Crippen LogP) is 5.39. The number of H-pyrrole nitrogens is 1. The van der Waals surface area contributed by atoms with Gasteiger partial charge in [0.15, 0.2) is 0 Å². The lowest BCUT2D eigenvalue weighted by Crippen LogP contribution is -2.38. The number of carbonyl (C=O) groups excluding carboxylic acids is 1. The SMILES string of the molecule is Cc1nc2ccc(-c3cc(C=C4SC(=S)N(CCc5ccc(C(=O)O)cc5)C4=O)ccc3OCCN3CCOCC3)cc2[nH]1. The second kappa shape index (κ2) is 13.3. The smallest absolute Gasteiger partial charge is 0.335 e. The van der Waals surface area contributed by atoms with Crippen LogP contribution in [0.25, 0.3) is 28.2 Å². The highest BCUT2D eigenvalue weighted by Crippen LogP contribution is 2.36. The fraction of sp³-hybridized carbons (Fsp3) is 0.273. The summed E-state index contributed by atoms with van der Waals surface area (Å²) in [5, 5.41) is 9.13. The molecule has 4 aromatic rings. The predicted molar refractivity (Wildman–Crippen MR) is 176 cm³/mol. The molecule has 6 rings (SSSR count). The normalized spacial score (nSPS) is 16.8. The molecule has 226 valence electrons. The maximum absolute atomic E-state index is 13.4. The van der Waals surface area contributed by atoms with Gasteiger partial charge in [0.05, 0.1) is 34.7 Å². The van der Waals surface area contributed by atoms with Gasteiger partial charge in [0.1, 0.15) is 22.5 Å². The number of carbonyl (C=O) groups is 2. The number of rotatable bonds is 10. The lowest BCUT2D eigenvalue weighted by Gasteiger charge is -2.26. The highest BCUT2D eigenvalue weighted by Gasteiger charge is 2.31. The summed E-state index contributed by atoms with van der Waals surface area (Å²) >= 11 is 6.85. The third-order valence-electron chi connectivity index (χ3n) is 7.68. The van der Waals surface area contributed by atoms with E-state index in [1.54, 1.807) is 29.2 Å². The van der Waals surface area contributed by atoms with Gasteiger partial charge >= 0.3 is 5.97 Å². The van der Waals surface area contributed by atoms with Crippen molar-refractivity contribution in [3.63, 3.8) is 0 Å². The summed E-state index contributed by atoms with van der Waals surface area (Å²) in [5.74, 6) is 0.523. The Balaban J connectivity index is 1.21. The van der Waals surface area contributed by atoms with Gasteiger partial charge in [-0.15, -0.1) is 0 Å². The van der Waals surface area contributed by atoms with Crippen LogP contribution >= 0.6 is 24.0 Å². The van der Waals surface area contributed by atoms with E-state index in [1.807, 2.05) is 43.3 Å². The molecule has 1 amide bonds. The van der Waals surface area contributed by atoms with E-state index in [4.69, 9.17) is 26.8 Å². The van der Waals surface area contributed by atoms with Crippen LogP contribution in [0.2, 0.25) is 0 Å². The number of aryl methyl sites for hydroxylation is 1. The molecule has 2 N–H and O–H groups in total. The Labute approximate surface area is 264 Å². The first-order chi connectivity index (χ1) is 21.3. The Morgan fingerprint density at radius 1 is 1.11 bits per heavy atom. The van der Waals surface area contributed by atoms with Crippen LogP contribution in [-0.4, -0.2) is 87.1 Å². The maximum Gasteiger partial charge on any atom is 0.335 e. The van der Waals surface area contributed by atoms with Gasteiger partial charge in [-0.05, 0) is 72.5 Å². The molecule has 0 aliphatic carbocycles. The second-order valence-corrected chi connectivity index (χ2v) is 12.4. The minimum absolute atomic E-state index is 0.135. The fourth-order valence-corrected chi connectivity index (χ4v) is 6.61. The number of ether oxygens (including phenoxy) is 2. The zero-order valence-electron chi connectivity index (χ0n) is 24.2. The first kappa shape index (κ1) is 30.0. The fourth-order valence-electron chi connectivity index (χ4n) is 5.30. The number of imidazole rings is 1. The van der Waals surface area contributed by atoms with E-state index in [0.29, 0.717) is 28.8 Å². The Hall–Kier alpha value is -4.03. The summed E-state index contributed by atoms with van der Waals surface area (Å²) in [6, 6.07) is 18.8. The van der Waals surface area contributed by atoms with Crippen LogP contribution in [0.5, 0.6) is 5.75 Å². The van der Waals surface area contributed by atoms with Crippen molar-refractivity contribution < 1.29 is 24.2 Å². The van der Waals surface area contributed by atoms with Crippen molar-refractivity contribution in [3.05, 3.63) is 88.1 Å². The zero-order valence-corrected chi connectivity index (χ0v) is 25.9. The van der Waals surface area contributed by atoms with Gasteiger partial charge < -0.3 is 19.6 Å². The Kier molecular flexibility index (Phi) is 9.08. The van der Waals surface area contributed by atoms with Gasteiger partial charge in [0.2, 0.25) is 0 Å². The number of fused-ring (bicyclic) bond motifs is 1. The van der Waals surface area contributed by atoms with Gasteiger partial charge in [-0.1, -0.05) is 48.2 Å². The van der Waals surface area contributed by atoms with Crippen LogP contribution in [0, 0.1) is 6.92 Å². The van der Waals surface area contributed by atoms with Crippen molar-refractivity contribution in [2.75, 3.05) is 46.0 Å². The number of amides is 1. The summed E-state index contributed by atoms with van der Waals surface area (Å²) in [6.45, 7) is 7.02. The number of thiocarbonyl (C=S) groups is 1. The number of hydrogen-bond donors (Lipinski definition) is 2. The lowest BCUT2D eigenvalue weighted by atomic mass is 10.0. The molecule has 11 heteroatoms. The monoisotopic (exact) mass is 628 g/mol. The number of hydrogen-bond acceptors (Lipinski definition) is 8. The van der Waals surface area contributed by atoms with E-state index in [9.17, 15) is 9.59 Å². The van der Waals surface area contributed by atoms with Gasteiger partial charge in [-0.2, -0.15) is 0 Å². The van der Waals surface area contributed by atoms with Crippen molar-refractivity contribution in [1.82, 2.24) is 19.8 Å². The molecule has 0 unspecified atom stereocenters. The molecular weight excluding hydrogens is 597 g/mol. The van der Waals surface area contributed by atoms with Crippen molar-refractivity contribution in [3.8, 4) is 16.9 Å². The molecule has 0 saturated carbocycles. The molecule has 2 fully saturated rings. The number of carboxylic acids is 1. The standard InChI is InChI=1S/C33H32N4O5S2/c1-21-34-27-8-7-25(20-28(27)35-21)26-18-23(4-9-29(26)42-17-14-36-12-15-41-16-13-36)19-30-31(38)37(33(43)44-30)11-10-22-2-5-24(6-3-22)32(39)40/h2-9,18-20H,10-17H2,1H3,(H,34,35)(H,39,40). The summed E-state index contributed by atoms with van der Waals surface area (Å²) in [4.78, 5) is 36.9. The number of carboxylic acid groups (broad SMARTS) is 1. The zero-order chi connectivity index (χ0) is 30.6. The average molecular weight is 629 g/mol. The summed E-state index contributed by atoms with van der Waals surface area (Å²) in [5.41, 5.74) is 5.79. The number of benzene rings is 3. The van der Waals surface area contributed by atoms with Gasteiger partial charge in [-0.3, -0.25) is 14.6 Å². The van der Waals surface area contributed by atoms with Crippen LogP contribution in [0.3, 0.4) is 0 Å². The molecule has 0 radical (unpaired) electrons. The van der Waals surface area contributed by atoms with E-state index in [0.717, 1.165) is 77.7 Å². The third-order valence-corrected chi connectivity index (χ3v) is 9.06. The van der Waals surface area contributed by atoms with Crippen molar-refractivity contribution >= 4 is 57.3 Å². The molecule has 2 saturated heterocycles. The van der Waals surface area contributed by atoms with Gasteiger partial charge in [0.25, 0.3) is 5.91 Å². The number of aromatic amines is 1. The van der Waals surface area contributed by atoms with Crippen molar-refractivity contribution in [2.24, 2.45) is 0 Å². The molecule has 1 aromatic heterocycles. The molecule has 0 bridgehead atoms. The highest BCUT2D eigenvalue weighted by molar-refractivity contribution is 8.26. The van der Waals surface area contributed by atoms with Crippen LogP contribution in [-0.2, 0) is 16.0 Å². The molecule has 2 aliphatic rings. The van der Waals surface area contributed by atoms with Crippen LogP contribution < -0.4 is 4.74 Å². The van der Waals surface area contributed by atoms with Crippen LogP contribution in [0.4, 0.5) is 0 Å². The second-order valence-electron chi connectivity index (χ2n) is 10.7. The molecule has 2 aliphatic heterocycles. The molecule has 9 nitrogen and oxygen atoms in total. The Morgan fingerprint density at radius 3 is 2.68 bits per heavy atom. The number of thioether (sulfide) groups is 1. The number of aromatic nitrogens is 2. The van der Waals surface area contributed by atoms with E-state index in [2.05, 4.69) is 20.9 Å². The van der Waals surface area contributed by atoms with Gasteiger partial charge in [-0.25, -0.2) is 9.78 Å². The molecule has 3 heterocycles. The number of aromatic carboxylic acids is 1. The number of morpholine rings is 1. The first-order valence-electron chi connectivity index (χ1n) is 14.5. The summed E-state index contributed by atoms with van der Waals surface area (Å²) in [7, 11) is 0. The highest BCUT2D eigenvalue weighted by atomic mass is 32.2. The number of nitrogens with one attached hydrogen (secondary N) is 1. The Bertz CT molecular complexity index is 1740. The summed E-state index contributed by atoms with van der Waals surface area (Å²) in [6.07, 6.45) is 2.44. The molecule has 3 aromatic carbocycles. The van der Waals surface area contributed by atoms with Crippen molar-refractivity contribution in [2.45, 2.75) is 13.3 Å². The third kappa shape index (κ3) is 6.86. The van der Waals surface area contributed by atoms with Crippen molar-refractivity contribution in [1.29, 1.82) is 0 Å². The minimum Gasteiger partial charge on any atom is -0.492 e. The van der Waals surface area contributed by atoms with Gasteiger partial charge in [0, 0.05) is 31.7 Å². The average Bonchev–Trinajstić information content (AvgIpc) is 3.53. The first-order valence-corrected chi connectivity index (χ1v) is 15.7. The quantitative estimate of drug-likeness (QED) is 0.177. The van der Waals surface area contributed by atoms with E-state index in [1.165, 1.54) is 11.8 Å². The Morgan fingerprint density at radius 2 is 1.91 bits per heavy atom. The van der Waals surface area contributed by atoms with E-state index < -0.39 is 5.97 Å². The number of nitrogens with zero attached hydrogens (tertiary/aromatic N) is 3. The van der Waals surface area contributed by atoms with E-state index >= 15 is 0 Å². The molecule has 44 heavy (non-hydrogen) atoms. The lowest BCUT2D eigenvalue weighted by molar-refractivity contribution is -0.122. The molecular formula is C33H32N4O5S2. The molecule has 0 spiro atoms. The molecule has 0 atom stereocenters. The van der Waals surface area contributed by atoms with E-state index in [-0.39, 0.29) is 11.5 Å². The largest absolute Gasteiger partial charge is 0.492 e. The topological polar surface area (TPSA) is 108 Å². The van der Waals surface area contributed by atoms with Crippen LogP contribution in [0.15, 0.2) is 65.6 Å². The summed E-state index contributed by atoms with van der Waals surface area (Å²) < 4.78 is 12.3. The maximum atomic E-state index is 13.4. The van der Waals surface area contributed by atoms with Crippen LogP contribution in [0.1, 0.15) is 27.3 Å². The minimum atomic E-state index is -0.966.